The molecule has 8 nitrogen and oxygen atoms in total. The molecule has 1 saturated heterocycles. The Hall–Kier alpha value is -2.76. The van der Waals surface area contributed by atoms with E-state index in [1.54, 1.807) is 11.8 Å². The molecule has 1 aromatic heterocycles. The maximum absolute atomic E-state index is 13.2. The van der Waals surface area contributed by atoms with Crippen molar-refractivity contribution in [2.45, 2.75) is 29.1 Å². The molecule has 1 unspecified atom stereocenters. The lowest BCUT2D eigenvalue weighted by molar-refractivity contribution is -0.121. The fraction of sp³-hybridized carbons (Fsp3) is 0.318. The molecule has 1 N–H and O–H groups in total. The van der Waals surface area contributed by atoms with Crippen LogP contribution in [0, 0.1) is 11.7 Å². The monoisotopic (exact) mass is 490 g/mol. The molecule has 0 spiro atoms. The molecule has 33 heavy (non-hydrogen) atoms. The summed E-state index contributed by atoms with van der Waals surface area (Å²) in [5.41, 5.74) is 1.00. The Morgan fingerprint density at radius 3 is 2.61 bits per heavy atom. The first kappa shape index (κ1) is 23.4. The van der Waals surface area contributed by atoms with Crippen molar-refractivity contribution in [1.29, 1.82) is 0 Å². The van der Waals surface area contributed by atoms with Gasteiger partial charge in [0.1, 0.15) is 5.82 Å². The van der Waals surface area contributed by atoms with Crippen molar-refractivity contribution in [2.24, 2.45) is 5.92 Å². The molecule has 1 amide bonds. The number of nitrogens with zero attached hydrogens (tertiary/aromatic N) is 3. The Bertz CT molecular complexity index is 1210. The minimum atomic E-state index is -3.82. The van der Waals surface area contributed by atoms with Gasteiger partial charge in [-0.3, -0.25) is 10.1 Å². The number of hydrogen-bond acceptors (Lipinski definition) is 7. The molecule has 1 atom stereocenters. The Morgan fingerprint density at radius 2 is 1.91 bits per heavy atom. The predicted octanol–water partition coefficient (Wildman–Crippen LogP) is 3.56. The number of piperidine rings is 1. The summed E-state index contributed by atoms with van der Waals surface area (Å²) in [6.45, 7) is 0.317. The SMILES string of the molecule is CSc1ccc(Cc2nnc(NC(=O)C3CCCN(S(=O)(=O)c4ccc(F)cc4)C3)o2)cc1. The maximum atomic E-state index is 13.2. The first-order chi connectivity index (χ1) is 15.8. The van der Waals surface area contributed by atoms with E-state index in [4.69, 9.17) is 4.42 Å². The number of rotatable bonds is 7. The van der Waals surface area contributed by atoms with E-state index in [-0.39, 0.29) is 23.4 Å². The van der Waals surface area contributed by atoms with Gasteiger partial charge in [-0.05, 0) is 61.1 Å². The van der Waals surface area contributed by atoms with Crippen LogP contribution >= 0.6 is 11.8 Å². The molecule has 0 bridgehead atoms. The van der Waals surface area contributed by atoms with Gasteiger partial charge in [0.2, 0.25) is 21.8 Å². The van der Waals surface area contributed by atoms with Crippen LogP contribution in [0.15, 0.2) is 62.7 Å². The van der Waals surface area contributed by atoms with Crippen LogP contribution < -0.4 is 5.32 Å². The van der Waals surface area contributed by atoms with Crippen LogP contribution in [0.3, 0.4) is 0 Å². The Morgan fingerprint density at radius 1 is 1.18 bits per heavy atom. The number of aromatic nitrogens is 2. The van der Waals surface area contributed by atoms with Gasteiger partial charge in [-0.15, -0.1) is 16.9 Å². The smallest absolute Gasteiger partial charge is 0.322 e. The normalized spacial score (nSPS) is 17.1. The molecule has 11 heteroatoms. The van der Waals surface area contributed by atoms with E-state index in [2.05, 4.69) is 15.5 Å². The maximum Gasteiger partial charge on any atom is 0.322 e. The highest BCUT2D eigenvalue weighted by molar-refractivity contribution is 7.98. The van der Waals surface area contributed by atoms with Gasteiger partial charge in [0.05, 0.1) is 17.2 Å². The number of carbonyl (C=O) groups excluding carboxylic acids is 1. The zero-order valence-electron chi connectivity index (χ0n) is 17.9. The predicted molar refractivity (Wildman–Crippen MR) is 122 cm³/mol. The van der Waals surface area contributed by atoms with Crippen molar-refractivity contribution in [3.8, 4) is 0 Å². The lowest BCUT2D eigenvalue weighted by Gasteiger charge is -2.30. The zero-order chi connectivity index (χ0) is 23.4. The number of sulfonamides is 1. The molecular weight excluding hydrogens is 467 g/mol. The number of anilines is 1. The van der Waals surface area contributed by atoms with Crippen LogP contribution in [-0.4, -0.2) is 48.2 Å². The second-order valence-corrected chi connectivity index (χ2v) is 10.5. The first-order valence-electron chi connectivity index (χ1n) is 10.4. The summed E-state index contributed by atoms with van der Waals surface area (Å²) in [7, 11) is -3.82. The molecule has 174 valence electrons. The van der Waals surface area contributed by atoms with Crippen molar-refractivity contribution in [3.05, 3.63) is 65.8 Å². The van der Waals surface area contributed by atoms with Gasteiger partial charge in [-0.1, -0.05) is 17.2 Å². The van der Waals surface area contributed by atoms with Gasteiger partial charge in [0.25, 0.3) is 0 Å². The Labute approximate surface area is 195 Å². The van der Waals surface area contributed by atoms with Gasteiger partial charge in [0, 0.05) is 18.0 Å². The number of hydrogen-bond donors (Lipinski definition) is 1. The molecule has 1 aliphatic rings. The molecule has 3 aromatic rings. The number of benzene rings is 2. The molecule has 0 radical (unpaired) electrons. The van der Waals surface area contributed by atoms with Crippen LogP contribution in [0.4, 0.5) is 10.4 Å². The third-order valence-corrected chi connectivity index (χ3v) is 8.04. The van der Waals surface area contributed by atoms with E-state index < -0.39 is 21.8 Å². The van der Waals surface area contributed by atoms with Crippen molar-refractivity contribution in [2.75, 3.05) is 24.7 Å². The summed E-state index contributed by atoms with van der Waals surface area (Å²) >= 11 is 1.65. The minimum absolute atomic E-state index is 0.00272. The average Bonchev–Trinajstić information content (AvgIpc) is 3.26. The zero-order valence-corrected chi connectivity index (χ0v) is 19.5. The molecule has 1 aliphatic heterocycles. The van der Waals surface area contributed by atoms with E-state index in [9.17, 15) is 17.6 Å². The summed E-state index contributed by atoms with van der Waals surface area (Å²) in [6, 6.07) is 12.6. The summed E-state index contributed by atoms with van der Waals surface area (Å²) in [5.74, 6) is -1.09. The second kappa shape index (κ2) is 10.0. The fourth-order valence-corrected chi connectivity index (χ4v) is 5.56. The first-order valence-corrected chi connectivity index (χ1v) is 13.0. The molecule has 2 heterocycles. The van der Waals surface area contributed by atoms with Gasteiger partial charge >= 0.3 is 6.01 Å². The van der Waals surface area contributed by atoms with Gasteiger partial charge in [-0.25, -0.2) is 12.8 Å². The van der Waals surface area contributed by atoms with Crippen LogP contribution in [0.5, 0.6) is 0 Å². The Kier molecular flexibility index (Phi) is 7.11. The molecule has 0 saturated carbocycles. The van der Waals surface area contributed by atoms with Crippen molar-refractivity contribution >= 4 is 33.7 Å². The van der Waals surface area contributed by atoms with E-state index in [1.165, 1.54) is 16.4 Å². The summed E-state index contributed by atoms with van der Waals surface area (Å²) in [4.78, 5) is 13.9. The number of nitrogens with one attached hydrogen (secondary N) is 1. The molecule has 1 fully saturated rings. The van der Waals surface area contributed by atoms with E-state index in [1.807, 2.05) is 30.5 Å². The molecular formula is C22H23FN4O4S2. The van der Waals surface area contributed by atoms with Crippen LogP contribution in [0.2, 0.25) is 0 Å². The lowest BCUT2D eigenvalue weighted by atomic mass is 9.99. The highest BCUT2D eigenvalue weighted by Gasteiger charge is 2.33. The lowest BCUT2D eigenvalue weighted by Crippen LogP contribution is -2.43. The second-order valence-electron chi connectivity index (χ2n) is 7.67. The number of halogens is 1. The summed E-state index contributed by atoms with van der Waals surface area (Å²) in [5, 5.41) is 10.5. The van der Waals surface area contributed by atoms with Gasteiger partial charge < -0.3 is 4.42 Å². The third kappa shape index (κ3) is 5.60. The van der Waals surface area contributed by atoms with Crippen molar-refractivity contribution < 1.29 is 22.0 Å². The molecule has 0 aliphatic carbocycles. The molecule has 4 rings (SSSR count). The Balaban J connectivity index is 1.38. The summed E-state index contributed by atoms with van der Waals surface area (Å²) < 4.78 is 45.7. The molecule has 2 aromatic carbocycles. The number of thioether (sulfide) groups is 1. The van der Waals surface area contributed by atoms with E-state index >= 15 is 0 Å². The summed E-state index contributed by atoms with van der Waals surface area (Å²) in [6.07, 6.45) is 3.50. The van der Waals surface area contributed by atoms with Crippen molar-refractivity contribution in [3.63, 3.8) is 0 Å². The average molecular weight is 491 g/mol. The van der Waals surface area contributed by atoms with E-state index in [0.29, 0.717) is 31.7 Å². The quantitative estimate of drug-likeness (QED) is 0.505. The van der Waals surface area contributed by atoms with Crippen LogP contribution in [0.1, 0.15) is 24.3 Å². The third-order valence-electron chi connectivity index (χ3n) is 5.42. The van der Waals surface area contributed by atoms with E-state index in [0.717, 1.165) is 22.6 Å². The van der Waals surface area contributed by atoms with Crippen molar-refractivity contribution in [1.82, 2.24) is 14.5 Å². The topological polar surface area (TPSA) is 105 Å². The highest BCUT2D eigenvalue weighted by Crippen LogP contribution is 2.25. The largest absolute Gasteiger partial charge is 0.407 e. The van der Waals surface area contributed by atoms with Crippen LogP contribution in [-0.2, 0) is 21.2 Å². The standard InChI is InChI=1S/C22H23FN4O4S2/c1-32-18-8-4-15(5-9-18)13-20-25-26-22(31-20)24-21(28)16-3-2-12-27(14-16)33(29,30)19-10-6-17(23)7-11-19/h4-11,16H,2-3,12-14H2,1H3,(H,24,26,28). The van der Waals surface area contributed by atoms with Gasteiger partial charge in [-0.2, -0.15) is 4.31 Å². The van der Waals surface area contributed by atoms with Crippen LogP contribution in [0.25, 0.3) is 0 Å². The van der Waals surface area contributed by atoms with Gasteiger partial charge in [0.15, 0.2) is 0 Å². The highest BCUT2D eigenvalue weighted by atomic mass is 32.2. The fourth-order valence-electron chi connectivity index (χ4n) is 3.63. The number of carbonyl (C=O) groups is 1. The number of amides is 1. The minimum Gasteiger partial charge on any atom is -0.407 e.